The van der Waals surface area contributed by atoms with Crippen molar-refractivity contribution in [1.29, 1.82) is 0 Å². The lowest BCUT2D eigenvalue weighted by Gasteiger charge is -2.06. The number of hydrogen-bond donors (Lipinski definition) is 0. The first kappa shape index (κ1) is 11.9. The molecule has 0 saturated carbocycles. The Morgan fingerprint density at radius 3 is 2.71 bits per heavy atom. The maximum absolute atomic E-state index is 5.71. The minimum atomic E-state index is 0.413. The predicted octanol–water partition coefficient (Wildman–Crippen LogP) is 3.44. The molecule has 3 heteroatoms. The van der Waals surface area contributed by atoms with Gasteiger partial charge in [-0.3, -0.25) is 4.98 Å². The summed E-state index contributed by atoms with van der Waals surface area (Å²) >= 11 is 5.71. The van der Waals surface area contributed by atoms with E-state index in [0.29, 0.717) is 12.5 Å². The zero-order valence-electron chi connectivity index (χ0n) is 9.47. The zero-order chi connectivity index (χ0) is 11.9. The summed E-state index contributed by atoms with van der Waals surface area (Å²) < 4.78 is 5.65. The van der Waals surface area contributed by atoms with E-state index in [-0.39, 0.29) is 0 Å². The Bertz CT molecular complexity index is 459. The third-order valence-electron chi connectivity index (χ3n) is 2.43. The SMILES string of the molecule is ClCc1cc(OCCc2ccccc2)ccn1. The fraction of sp³-hybridized carbons (Fsp3) is 0.214. The Hall–Kier alpha value is -1.54. The molecule has 1 aromatic heterocycles. The van der Waals surface area contributed by atoms with Crippen molar-refractivity contribution in [1.82, 2.24) is 4.98 Å². The van der Waals surface area contributed by atoms with E-state index in [2.05, 4.69) is 17.1 Å². The standard InChI is InChI=1S/C14H14ClNO/c15-11-13-10-14(6-8-16-13)17-9-7-12-4-2-1-3-5-12/h1-6,8,10H,7,9,11H2. The van der Waals surface area contributed by atoms with E-state index in [1.54, 1.807) is 6.20 Å². The largest absolute Gasteiger partial charge is 0.493 e. The fourth-order valence-corrected chi connectivity index (χ4v) is 1.70. The minimum absolute atomic E-state index is 0.413. The smallest absolute Gasteiger partial charge is 0.122 e. The van der Waals surface area contributed by atoms with Crippen molar-refractivity contribution in [3.63, 3.8) is 0 Å². The van der Waals surface area contributed by atoms with E-state index in [1.165, 1.54) is 5.56 Å². The van der Waals surface area contributed by atoms with Crippen molar-refractivity contribution in [2.75, 3.05) is 6.61 Å². The number of nitrogens with zero attached hydrogens (tertiary/aromatic N) is 1. The van der Waals surface area contributed by atoms with E-state index in [4.69, 9.17) is 16.3 Å². The van der Waals surface area contributed by atoms with Crippen molar-refractivity contribution in [2.45, 2.75) is 12.3 Å². The first-order chi connectivity index (χ1) is 8.38. The first-order valence-electron chi connectivity index (χ1n) is 5.56. The Morgan fingerprint density at radius 2 is 1.94 bits per heavy atom. The summed E-state index contributed by atoms with van der Waals surface area (Å²) in [6.45, 7) is 0.662. The number of halogens is 1. The van der Waals surface area contributed by atoms with Gasteiger partial charge in [0.25, 0.3) is 0 Å². The van der Waals surface area contributed by atoms with Crippen LogP contribution in [0.1, 0.15) is 11.3 Å². The highest BCUT2D eigenvalue weighted by atomic mass is 35.5. The van der Waals surface area contributed by atoms with Gasteiger partial charge in [-0.15, -0.1) is 11.6 Å². The average molecular weight is 248 g/mol. The normalized spacial score (nSPS) is 10.2. The second-order valence-corrected chi connectivity index (χ2v) is 3.97. The second kappa shape index (κ2) is 6.26. The Morgan fingerprint density at radius 1 is 1.12 bits per heavy atom. The van der Waals surface area contributed by atoms with Crippen molar-refractivity contribution < 1.29 is 4.74 Å². The molecule has 17 heavy (non-hydrogen) atoms. The van der Waals surface area contributed by atoms with Crippen LogP contribution < -0.4 is 4.74 Å². The maximum Gasteiger partial charge on any atom is 0.122 e. The van der Waals surface area contributed by atoms with Gasteiger partial charge < -0.3 is 4.74 Å². The van der Waals surface area contributed by atoms with Gasteiger partial charge in [-0.2, -0.15) is 0 Å². The van der Waals surface area contributed by atoms with Gasteiger partial charge in [0.05, 0.1) is 18.2 Å². The van der Waals surface area contributed by atoms with Gasteiger partial charge in [-0.05, 0) is 11.6 Å². The molecule has 0 bridgehead atoms. The molecule has 0 saturated heterocycles. The monoisotopic (exact) mass is 247 g/mol. The molecule has 2 nitrogen and oxygen atoms in total. The van der Waals surface area contributed by atoms with Gasteiger partial charge in [0.2, 0.25) is 0 Å². The molecule has 2 rings (SSSR count). The predicted molar refractivity (Wildman–Crippen MR) is 69.4 cm³/mol. The molecule has 0 unspecified atom stereocenters. The zero-order valence-corrected chi connectivity index (χ0v) is 10.2. The molecule has 0 aliphatic rings. The molecular formula is C14H14ClNO. The van der Waals surface area contributed by atoms with Gasteiger partial charge in [0, 0.05) is 18.7 Å². The Kier molecular flexibility index (Phi) is 4.39. The number of hydrogen-bond acceptors (Lipinski definition) is 2. The van der Waals surface area contributed by atoms with Crippen LogP contribution in [0.4, 0.5) is 0 Å². The van der Waals surface area contributed by atoms with Crippen molar-refractivity contribution in [3.05, 3.63) is 59.9 Å². The van der Waals surface area contributed by atoms with Crippen LogP contribution in [0, 0.1) is 0 Å². The molecule has 0 atom stereocenters. The Labute approximate surface area is 106 Å². The van der Waals surface area contributed by atoms with E-state index in [9.17, 15) is 0 Å². The van der Waals surface area contributed by atoms with Crippen LogP contribution >= 0.6 is 11.6 Å². The van der Waals surface area contributed by atoms with Gasteiger partial charge in [0.1, 0.15) is 5.75 Å². The molecule has 2 aromatic rings. The number of alkyl halides is 1. The van der Waals surface area contributed by atoms with Crippen LogP contribution in [-0.4, -0.2) is 11.6 Å². The highest BCUT2D eigenvalue weighted by Gasteiger charge is 1.97. The van der Waals surface area contributed by atoms with Crippen LogP contribution in [0.5, 0.6) is 5.75 Å². The van der Waals surface area contributed by atoms with Gasteiger partial charge >= 0.3 is 0 Å². The van der Waals surface area contributed by atoms with E-state index >= 15 is 0 Å². The number of ether oxygens (including phenoxy) is 1. The molecule has 0 aliphatic heterocycles. The minimum Gasteiger partial charge on any atom is -0.493 e. The molecular weight excluding hydrogens is 234 g/mol. The molecule has 88 valence electrons. The highest BCUT2D eigenvalue weighted by molar-refractivity contribution is 6.16. The topological polar surface area (TPSA) is 22.1 Å². The first-order valence-corrected chi connectivity index (χ1v) is 6.09. The quantitative estimate of drug-likeness (QED) is 0.755. The van der Waals surface area contributed by atoms with Crippen molar-refractivity contribution in [3.8, 4) is 5.75 Å². The highest BCUT2D eigenvalue weighted by Crippen LogP contribution is 2.12. The molecule has 0 spiro atoms. The summed E-state index contributed by atoms with van der Waals surface area (Å²) in [4.78, 5) is 4.11. The van der Waals surface area contributed by atoms with Gasteiger partial charge in [0.15, 0.2) is 0 Å². The molecule has 0 fully saturated rings. The third-order valence-corrected chi connectivity index (χ3v) is 2.70. The lowest BCUT2D eigenvalue weighted by atomic mass is 10.2. The van der Waals surface area contributed by atoms with Crippen LogP contribution in [-0.2, 0) is 12.3 Å². The summed E-state index contributed by atoms with van der Waals surface area (Å²) in [5.74, 6) is 1.24. The molecule has 1 aromatic carbocycles. The lowest BCUT2D eigenvalue weighted by Crippen LogP contribution is -2.01. The summed E-state index contributed by atoms with van der Waals surface area (Å²) in [6.07, 6.45) is 2.62. The van der Waals surface area contributed by atoms with E-state index < -0.39 is 0 Å². The van der Waals surface area contributed by atoms with Crippen LogP contribution in [0.15, 0.2) is 48.7 Å². The van der Waals surface area contributed by atoms with Gasteiger partial charge in [-0.1, -0.05) is 30.3 Å². The number of benzene rings is 1. The summed E-state index contributed by atoms with van der Waals surface area (Å²) in [5, 5.41) is 0. The number of rotatable bonds is 5. The second-order valence-electron chi connectivity index (χ2n) is 3.70. The number of aromatic nitrogens is 1. The molecule has 0 aliphatic carbocycles. The summed E-state index contributed by atoms with van der Waals surface area (Å²) in [5.41, 5.74) is 2.11. The van der Waals surface area contributed by atoms with Crippen LogP contribution in [0.25, 0.3) is 0 Å². The average Bonchev–Trinajstić information content (AvgIpc) is 2.40. The van der Waals surface area contributed by atoms with Crippen LogP contribution in [0.3, 0.4) is 0 Å². The van der Waals surface area contributed by atoms with E-state index in [0.717, 1.165) is 17.9 Å². The molecule has 1 heterocycles. The molecule has 0 N–H and O–H groups in total. The summed E-state index contributed by atoms with van der Waals surface area (Å²) in [6, 6.07) is 14.0. The fourth-order valence-electron chi connectivity index (χ4n) is 1.55. The number of pyridine rings is 1. The van der Waals surface area contributed by atoms with Gasteiger partial charge in [-0.25, -0.2) is 0 Å². The van der Waals surface area contributed by atoms with E-state index in [1.807, 2.05) is 30.3 Å². The van der Waals surface area contributed by atoms with Crippen molar-refractivity contribution >= 4 is 11.6 Å². The maximum atomic E-state index is 5.71. The van der Waals surface area contributed by atoms with Crippen LogP contribution in [0.2, 0.25) is 0 Å². The molecule has 0 radical (unpaired) electrons. The summed E-state index contributed by atoms with van der Waals surface area (Å²) in [7, 11) is 0. The Balaban J connectivity index is 1.86. The van der Waals surface area contributed by atoms with Crippen molar-refractivity contribution in [2.24, 2.45) is 0 Å². The lowest BCUT2D eigenvalue weighted by molar-refractivity contribution is 0.321. The third kappa shape index (κ3) is 3.75. The molecule has 0 amide bonds.